The predicted molar refractivity (Wildman–Crippen MR) is 85.5 cm³/mol. The minimum atomic E-state index is 0.172. The Hall–Kier alpha value is -0.540. The van der Waals surface area contributed by atoms with E-state index in [1.54, 1.807) is 0 Å². The summed E-state index contributed by atoms with van der Waals surface area (Å²) < 4.78 is 1.50. The molecule has 2 rings (SSSR count). The van der Waals surface area contributed by atoms with Crippen molar-refractivity contribution in [3.8, 4) is 0 Å². The van der Waals surface area contributed by atoms with Crippen LogP contribution in [-0.4, -0.2) is 0 Å². The SMILES string of the molecule is Cc1ccccc1C(C)NC(C)c1cc(Cl)sc1Cl. The first-order chi connectivity index (χ1) is 8.99. The fraction of sp³-hybridized carbons (Fsp3) is 0.333. The van der Waals surface area contributed by atoms with Gasteiger partial charge in [0.15, 0.2) is 0 Å². The van der Waals surface area contributed by atoms with Crippen LogP contribution in [0.1, 0.15) is 42.6 Å². The van der Waals surface area contributed by atoms with Crippen LogP contribution in [0.4, 0.5) is 0 Å². The number of aryl methyl sites for hydroxylation is 1. The molecule has 1 aromatic heterocycles. The molecule has 2 atom stereocenters. The van der Waals surface area contributed by atoms with Gasteiger partial charge in [0.1, 0.15) is 0 Å². The maximum atomic E-state index is 6.19. The maximum Gasteiger partial charge on any atom is 0.0991 e. The van der Waals surface area contributed by atoms with Crippen molar-refractivity contribution in [2.45, 2.75) is 32.9 Å². The molecule has 0 aliphatic heterocycles. The Morgan fingerprint density at radius 1 is 1.05 bits per heavy atom. The van der Waals surface area contributed by atoms with E-state index in [1.807, 2.05) is 6.07 Å². The first-order valence-electron chi connectivity index (χ1n) is 6.25. The van der Waals surface area contributed by atoms with Gasteiger partial charge in [-0.05, 0) is 43.5 Å². The molecule has 0 aliphatic rings. The van der Waals surface area contributed by atoms with Crippen LogP contribution in [0, 0.1) is 6.92 Å². The van der Waals surface area contributed by atoms with Crippen LogP contribution in [0.15, 0.2) is 30.3 Å². The lowest BCUT2D eigenvalue weighted by molar-refractivity contribution is 0.494. The van der Waals surface area contributed by atoms with Gasteiger partial charge in [-0.1, -0.05) is 47.5 Å². The highest BCUT2D eigenvalue weighted by Gasteiger charge is 2.16. The molecule has 2 unspecified atom stereocenters. The number of nitrogens with one attached hydrogen (secondary N) is 1. The summed E-state index contributed by atoms with van der Waals surface area (Å²) in [7, 11) is 0. The Labute approximate surface area is 128 Å². The van der Waals surface area contributed by atoms with Crippen molar-refractivity contribution in [1.29, 1.82) is 0 Å². The number of halogens is 2. The average molecular weight is 314 g/mol. The average Bonchev–Trinajstić information content (AvgIpc) is 2.69. The fourth-order valence-corrected chi connectivity index (χ4v) is 3.92. The Balaban J connectivity index is 2.13. The summed E-state index contributed by atoms with van der Waals surface area (Å²) in [6.45, 7) is 6.41. The summed E-state index contributed by atoms with van der Waals surface area (Å²) in [5, 5.41) is 3.57. The second kappa shape index (κ2) is 6.27. The van der Waals surface area contributed by atoms with Gasteiger partial charge in [0.05, 0.1) is 8.67 Å². The number of benzene rings is 1. The molecule has 0 aliphatic carbocycles. The van der Waals surface area contributed by atoms with Crippen LogP contribution in [0.3, 0.4) is 0 Å². The third-order valence-corrected chi connectivity index (χ3v) is 4.82. The van der Waals surface area contributed by atoms with Crippen LogP contribution in [0.5, 0.6) is 0 Å². The van der Waals surface area contributed by atoms with E-state index in [0.29, 0.717) is 0 Å². The predicted octanol–water partition coefficient (Wildman–Crippen LogP) is 5.78. The fourth-order valence-electron chi connectivity index (χ4n) is 2.28. The highest BCUT2D eigenvalue weighted by atomic mass is 35.5. The second-order valence-corrected chi connectivity index (χ2v) is 7.03. The largest absolute Gasteiger partial charge is 0.304 e. The number of hydrogen-bond donors (Lipinski definition) is 1. The summed E-state index contributed by atoms with van der Waals surface area (Å²) in [5.74, 6) is 0. The van der Waals surface area contributed by atoms with Crippen molar-refractivity contribution in [2.24, 2.45) is 0 Å². The lowest BCUT2D eigenvalue weighted by Crippen LogP contribution is -2.22. The van der Waals surface area contributed by atoms with Crippen molar-refractivity contribution in [3.05, 3.63) is 55.7 Å². The van der Waals surface area contributed by atoms with Crippen LogP contribution < -0.4 is 5.32 Å². The highest BCUT2D eigenvalue weighted by Crippen LogP contribution is 2.35. The summed E-state index contributed by atoms with van der Waals surface area (Å²) in [6, 6.07) is 10.8. The Morgan fingerprint density at radius 3 is 2.26 bits per heavy atom. The summed E-state index contributed by atoms with van der Waals surface area (Å²) in [6.07, 6.45) is 0. The lowest BCUT2D eigenvalue weighted by atomic mass is 10.0. The Bertz CT molecular complexity index is 565. The van der Waals surface area contributed by atoms with Gasteiger partial charge < -0.3 is 5.32 Å². The molecular weight excluding hydrogens is 297 g/mol. The molecule has 1 N–H and O–H groups in total. The van der Waals surface area contributed by atoms with Gasteiger partial charge in [0.2, 0.25) is 0 Å². The van der Waals surface area contributed by atoms with Crippen molar-refractivity contribution in [2.75, 3.05) is 0 Å². The summed E-state index contributed by atoms with van der Waals surface area (Å²) in [4.78, 5) is 0. The zero-order valence-corrected chi connectivity index (χ0v) is 13.5. The molecule has 1 nitrogen and oxygen atoms in total. The number of hydrogen-bond acceptors (Lipinski definition) is 2. The Kier molecular flexibility index (Phi) is 4.91. The molecular formula is C15H17Cl2NS. The molecule has 0 amide bonds. The van der Waals surface area contributed by atoms with Crippen LogP contribution in [0.25, 0.3) is 0 Å². The van der Waals surface area contributed by atoms with E-state index in [2.05, 4.69) is 50.4 Å². The van der Waals surface area contributed by atoms with Crippen LogP contribution >= 0.6 is 34.5 Å². The van der Waals surface area contributed by atoms with Gasteiger partial charge in [-0.25, -0.2) is 0 Å². The third-order valence-electron chi connectivity index (χ3n) is 3.30. The molecule has 0 bridgehead atoms. The molecule has 2 aromatic rings. The smallest absolute Gasteiger partial charge is 0.0991 e. The topological polar surface area (TPSA) is 12.0 Å². The monoisotopic (exact) mass is 313 g/mol. The van der Waals surface area contributed by atoms with Gasteiger partial charge >= 0.3 is 0 Å². The summed E-state index contributed by atoms with van der Waals surface area (Å²) >= 11 is 13.6. The molecule has 19 heavy (non-hydrogen) atoms. The van der Waals surface area contributed by atoms with Crippen molar-refractivity contribution in [1.82, 2.24) is 5.32 Å². The first-order valence-corrected chi connectivity index (χ1v) is 7.82. The van der Waals surface area contributed by atoms with E-state index in [1.165, 1.54) is 22.5 Å². The van der Waals surface area contributed by atoms with Gasteiger partial charge in [-0.15, -0.1) is 11.3 Å². The van der Waals surface area contributed by atoms with Gasteiger partial charge in [-0.3, -0.25) is 0 Å². The van der Waals surface area contributed by atoms with E-state index in [-0.39, 0.29) is 12.1 Å². The van der Waals surface area contributed by atoms with E-state index in [4.69, 9.17) is 23.2 Å². The molecule has 0 radical (unpaired) electrons. The molecule has 1 aromatic carbocycles. The minimum Gasteiger partial charge on any atom is -0.304 e. The third kappa shape index (κ3) is 3.51. The molecule has 0 saturated heterocycles. The standard InChI is InChI=1S/C15H17Cl2NS/c1-9-6-4-5-7-12(9)10(2)18-11(3)13-8-14(16)19-15(13)17/h4-8,10-11,18H,1-3H3. The first kappa shape index (κ1) is 14.9. The van der Waals surface area contributed by atoms with E-state index < -0.39 is 0 Å². The number of rotatable bonds is 4. The molecule has 0 spiro atoms. The molecule has 102 valence electrons. The normalized spacial score (nSPS) is 14.4. The van der Waals surface area contributed by atoms with Gasteiger partial charge in [-0.2, -0.15) is 0 Å². The second-order valence-electron chi connectivity index (χ2n) is 4.75. The molecule has 4 heteroatoms. The summed E-state index contributed by atoms with van der Waals surface area (Å²) in [5.41, 5.74) is 3.67. The van der Waals surface area contributed by atoms with E-state index in [0.717, 1.165) is 14.2 Å². The van der Waals surface area contributed by atoms with E-state index in [9.17, 15) is 0 Å². The zero-order valence-electron chi connectivity index (χ0n) is 11.2. The quantitative estimate of drug-likeness (QED) is 0.755. The molecule has 1 heterocycles. The number of thiophene rings is 1. The van der Waals surface area contributed by atoms with Gasteiger partial charge in [0.25, 0.3) is 0 Å². The van der Waals surface area contributed by atoms with Crippen LogP contribution in [-0.2, 0) is 0 Å². The van der Waals surface area contributed by atoms with Crippen molar-refractivity contribution < 1.29 is 0 Å². The molecule has 0 saturated carbocycles. The highest BCUT2D eigenvalue weighted by molar-refractivity contribution is 7.20. The lowest BCUT2D eigenvalue weighted by Gasteiger charge is -2.21. The van der Waals surface area contributed by atoms with Crippen LogP contribution in [0.2, 0.25) is 8.67 Å². The maximum absolute atomic E-state index is 6.19. The van der Waals surface area contributed by atoms with Gasteiger partial charge in [0, 0.05) is 12.1 Å². The zero-order chi connectivity index (χ0) is 14.0. The Morgan fingerprint density at radius 2 is 1.68 bits per heavy atom. The minimum absolute atomic E-state index is 0.172. The van der Waals surface area contributed by atoms with Crippen molar-refractivity contribution in [3.63, 3.8) is 0 Å². The van der Waals surface area contributed by atoms with Crippen molar-refractivity contribution >= 4 is 34.5 Å². The molecule has 0 fully saturated rings. The van der Waals surface area contributed by atoms with E-state index >= 15 is 0 Å².